The van der Waals surface area contributed by atoms with Crippen molar-refractivity contribution in [2.75, 3.05) is 26.2 Å². The van der Waals surface area contributed by atoms with E-state index in [1.54, 1.807) is 7.11 Å². The van der Waals surface area contributed by atoms with Crippen LogP contribution in [-0.2, 0) is 14.3 Å². The molecule has 4 nitrogen and oxygen atoms in total. The molecule has 0 saturated carbocycles. The third-order valence-corrected chi connectivity index (χ3v) is 3.04. The lowest BCUT2D eigenvalue weighted by Gasteiger charge is -2.20. The smallest absolute Gasteiger partial charge is 0.249 e. The summed E-state index contributed by atoms with van der Waals surface area (Å²) in [6, 6.07) is -0.0219. The predicted molar refractivity (Wildman–Crippen MR) is 62.7 cm³/mol. The average molecular weight is 250 g/mol. The number of carbonyl (C=O) groups excluding carboxylic acids is 1. The summed E-state index contributed by atoms with van der Waals surface area (Å²) in [6.45, 7) is 3.19. The fourth-order valence-electron chi connectivity index (χ4n) is 1.84. The summed E-state index contributed by atoms with van der Waals surface area (Å²) < 4.78 is 10.4. The van der Waals surface area contributed by atoms with Gasteiger partial charge in [0.15, 0.2) is 0 Å². The molecule has 1 amide bonds. The minimum Gasteiger partial charge on any atom is -0.383 e. The molecule has 1 heterocycles. The van der Waals surface area contributed by atoms with Crippen LogP contribution in [0.4, 0.5) is 0 Å². The lowest BCUT2D eigenvalue weighted by atomic mass is 10.0. The number of alkyl halides is 1. The van der Waals surface area contributed by atoms with Gasteiger partial charge in [0.25, 0.3) is 0 Å². The van der Waals surface area contributed by atoms with E-state index in [4.69, 9.17) is 21.1 Å². The van der Waals surface area contributed by atoms with E-state index >= 15 is 0 Å². The zero-order valence-electron chi connectivity index (χ0n) is 9.87. The Bertz CT molecular complexity index is 219. The minimum atomic E-state index is -0.310. The van der Waals surface area contributed by atoms with E-state index in [1.807, 2.05) is 6.92 Å². The molecule has 0 spiro atoms. The number of amides is 1. The Balaban J connectivity index is 2.40. The molecular weight excluding hydrogens is 230 g/mol. The maximum Gasteiger partial charge on any atom is 0.249 e. The molecule has 1 fully saturated rings. The molecule has 3 atom stereocenters. The third-order valence-electron chi connectivity index (χ3n) is 2.82. The van der Waals surface area contributed by atoms with Crippen molar-refractivity contribution in [3.8, 4) is 0 Å². The maximum atomic E-state index is 11.9. The van der Waals surface area contributed by atoms with E-state index in [9.17, 15) is 4.79 Å². The van der Waals surface area contributed by atoms with Gasteiger partial charge in [0, 0.05) is 19.6 Å². The number of methoxy groups -OCH3 is 1. The summed E-state index contributed by atoms with van der Waals surface area (Å²) in [7, 11) is 1.61. The summed E-state index contributed by atoms with van der Waals surface area (Å²) in [4.78, 5) is 11.9. The van der Waals surface area contributed by atoms with Crippen LogP contribution < -0.4 is 5.32 Å². The monoisotopic (exact) mass is 249 g/mol. The van der Waals surface area contributed by atoms with Gasteiger partial charge >= 0.3 is 0 Å². The molecule has 0 aromatic rings. The van der Waals surface area contributed by atoms with Crippen molar-refractivity contribution in [3.63, 3.8) is 0 Å². The van der Waals surface area contributed by atoms with Crippen molar-refractivity contribution < 1.29 is 14.3 Å². The van der Waals surface area contributed by atoms with Crippen molar-refractivity contribution in [1.82, 2.24) is 5.32 Å². The van der Waals surface area contributed by atoms with Gasteiger partial charge in [-0.05, 0) is 18.8 Å². The number of halogens is 1. The fourth-order valence-corrected chi connectivity index (χ4v) is 2.11. The third kappa shape index (κ3) is 3.92. The second-order valence-corrected chi connectivity index (χ2v) is 4.57. The molecule has 0 bridgehead atoms. The van der Waals surface area contributed by atoms with Crippen molar-refractivity contribution >= 4 is 17.5 Å². The van der Waals surface area contributed by atoms with Crippen LogP contribution in [-0.4, -0.2) is 44.3 Å². The Morgan fingerprint density at radius 2 is 2.44 bits per heavy atom. The zero-order valence-corrected chi connectivity index (χ0v) is 10.6. The van der Waals surface area contributed by atoms with Gasteiger partial charge in [-0.3, -0.25) is 4.79 Å². The number of carbonyl (C=O) groups is 1. The number of nitrogens with one attached hydrogen (secondary N) is 1. The van der Waals surface area contributed by atoms with E-state index in [0.717, 1.165) is 6.42 Å². The van der Waals surface area contributed by atoms with Crippen LogP contribution in [0.1, 0.15) is 19.8 Å². The summed E-state index contributed by atoms with van der Waals surface area (Å²) in [5.41, 5.74) is 0. The highest BCUT2D eigenvalue weighted by Crippen LogP contribution is 2.20. The van der Waals surface area contributed by atoms with Crippen LogP contribution in [0.3, 0.4) is 0 Å². The highest BCUT2D eigenvalue weighted by Gasteiger charge is 2.31. The highest BCUT2D eigenvalue weighted by molar-refractivity contribution is 6.17. The predicted octanol–water partition coefficient (Wildman–Crippen LogP) is 1.17. The number of ether oxygens (including phenoxy) is 2. The Hall–Kier alpha value is -0.320. The summed E-state index contributed by atoms with van der Waals surface area (Å²) in [5.74, 6) is 0.756. The molecule has 5 heteroatoms. The number of rotatable bonds is 6. The van der Waals surface area contributed by atoms with Crippen LogP contribution in [0.25, 0.3) is 0 Å². The van der Waals surface area contributed by atoms with Crippen LogP contribution in [0.15, 0.2) is 0 Å². The normalized spacial score (nSPS) is 26.7. The van der Waals surface area contributed by atoms with Crippen LogP contribution in [0.2, 0.25) is 0 Å². The summed E-state index contributed by atoms with van der Waals surface area (Å²) in [5, 5.41) is 2.92. The zero-order chi connectivity index (χ0) is 12.0. The van der Waals surface area contributed by atoms with E-state index in [0.29, 0.717) is 31.4 Å². The van der Waals surface area contributed by atoms with Crippen molar-refractivity contribution in [3.05, 3.63) is 0 Å². The van der Waals surface area contributed by atoms with Gasteiger partial charge in [-0.2, -0.15) is 0 Å². The number of hydrogen-bond acceptors (Lipinski definition) is 3. The van der Waals surface area contributed by atoms with Gasteiger partial charge in [0.05, 0.1) is 12.6 Å². The minimum absolute atomic E-state index is 0.0219. The first-order chi connectivity index (χ1) is 7.69. The molecule has 94 valence electrons. The Morgan fingerprint density at radius 1 is 1.69 bits per heavy atom. The van der Waals surface area contributed by atoms with E-state index in [1.165, 1.54) is 0 Å². The van der Waals surface area contributed by atoms with Crippen molar-refractivity contribution in [2.45, 2.75) is 31.9 Å². The SMILES string of the molecule is COCC(CCCl)NC(=O)C1OCCC1C. The molecule has 1 saturated heterocycles. The lowest BCUT2D eigenvalue weighted by molar-refractivity contribution is -0.132. The van der Waals surface area contributed by atoms with Crippen LogP contribution >= 0.6 is 11.6 Å². The summed E-state index contributed by atoms with van der Waals surface area (Å²) in [6.07, 6.45) is 1.35. The first kappa shape index (κ1) is 13.7. The molecule has 1 rings (SSSR count). The highest BCUT2D eigenvalue weighted by atomic mass is 35.5. The largest absolute Gasteiger partial charge is 0.383 e. The fraction of sp³-hybridized carbons (Fsp3) is 0.909. The first-order valence-corrected chi connectivity index (χ1v) is 6.19. The van der Waals surface area contributed by atoms with E-state index < -0.39 is 0 Å². The molecule has 1 aliphatic heterocycles. The topological polar surface area (TPSA) is 47.6 Å². The molecule has 0 aromatic carbocycles. The molecule has 1 aliphatic rings. The standard InChI is InChI=1S/C11H20ClNO3/c1-8-4-6-16-10(8)11(14)13-9(3-5-12)7-15-2/h8-10H,3-7H2,1-2H3,(H,13,14). The molecule has 3 unspecified atom stereocenters. The van der Waals surface area contributed by atoms with Crippen molar-refractivity contribution in [2.24, 2.45) is 5.92 Å². The van der Waals surface area contributed by atoms with Crippen LogP contribution in [0, 0.1) is 5.92 Å². The molecule has 0 aliphatic carbocycles. The lowest BCUT2D eigenvalue weighted by Crippen LogP contribution is -2.45. The molecule has 1 N–H and O–H groups in total. The molecule has 0 aromatic heterocycles. The molecular formula is C11H20ClNO3. The van der Waals surface area contributed by atoms with Gasteiger partial charge in [0.1, 0.15) is 6.10 Å². The van der Waals surface area contributed by atoms with Crippen LogP contribution in [0.5, 0.6) is 0 Å². The first-order valence-electron chi connectivity index (χ1n) is 5.66. The maximum absolute atomic E-state index is 11.9. The van der Waals surface area contributed by atoms with Crippen molar-refractivity contribution in [1.29, 1.82) is 0 Å². The van der Waals surface area contributed by atoms with Gasteiger partial charge in [-0.1, -0.05) is 6.92 Å². The molecule has 0 radical (unpaired) electrons. The Labute approximate surface area is 102 Å². The summed E-state index contributed by atoms with van der Waals surface area (Å²) >= 11 is 5.67. The second-order valence-electron chi connectivity index (χ2n) is 4.20. The Kier molecular flexibility index (Phi) is 6.09. The second kappa shape index (κ2) is 7.09. The van der Waals surface area contributed by atoms with Gasteiger partial charge in [-0.25, -0.2) is 0 Å². The average Bonchev–Trinajstić information content (AvgIpc) is 2.65. The van der Waals surface area contributed by atoms with Gasteiger partial charge < -0.3 is 14.8 Å². The van der Waals surface area contributed by atoms with E-state index in [2.05, 4.69) is 5.32 Å². The van der Waals surface area contributed by atoms with Gasteiger partial charge in [-0.15, -0.1) is 11.6 Å². The van der Waals surface area contributed by atoms with Gasteiger partial charge in [0.2, 0.25) is 5.91 Å². The van der Waals surface area contributed by atoms with E-state index in [-0.39, 0.29) is 18.1 Å². The number of hydrogen-bond donors (Lipinski definition) is 1. The molecule has 16 heavy (non-hydrogen) atoms. The quantitative estimate of drug-likeness (QED) is 0.719. The Morgan fingerprint density at radius 3 is 2.94 bits per heavy atom.